The van der Waals surface area contributed by atoms with Crippen LogP contribution >= 0.6 is 12.6 Å². The zero-order valence-electron chi connectivity index (χ0n) is 20.1. The number of rotatable bonds is 15. The van der Waals surface area contributed by atoms with Crippen molar-refractivity contribution in [1.29, 1.82) is 0 Å². The van der Waals surface area contributed by atoms with Crippen molar-refractivity contribution < 1.29 is 29.4 Å². The first kappa shape index (κ1) is 30.2. The molecule has 0 saturated heterocycles. The molecule has 12 heteroatoms. The maximum atomic E-state index is 13.1. The Balaban J connectivity index is 3.13. The predicted molar refractivity (Wildman–Crippen MR) is 135 cm³/mol. The highest BCUT2D eigenvalue weighted by molar-refractivity contribution is 7.80. The number of hydrogen-bond acceptors (Lipinski definition) is 8. The van der Waals surface area contributed by atoms with Gasteiger partial charge in [-0.15, -0.1) is 0 Å². The molecule has 196 valence electrons. The van der Waals surface area contributed by atoms with E-state index in [-0.39, 0.29) is 24.3 Å². The summed E-state index contributed by atoms with van der Waals surface area (Å²) in [6.07, 6.45) is 1.48. The molecule has 0 aliphatic carbocycles. The van der Waals surface area contributed by atoms with Crippen molar-refractivity contribution in [1.82, 2.24) is 16.0 Å². The molecule has 0 aliphatic rings. The minimum absolute atomic E-state index is 0.0297. The van der Waals surface area contributed by atoms with Crippen LogP contribution in [-0.4, -0.2) is 70.4 Å². The van der Waals surface area contributed by atoms with E-state index in [0.29, 0.717) is 24.9 Å². The van der Waals surface area contributed by atoms with Crippen molar-refractivity contribution in [3.63, 3.8) is 0 Å². The minimum Gasteiger partial charge on any atom is -0.508 e. The fraction of sp³-hybridized carbons (Fsp3) is 0.565. The highest BCUT2D eigenvalue weighted by Crippen LogP contribution is 2.13. The third-order valence-electron chi connectivity index (χ3n) is 5.35. The van der Waals surface area contributed by atoms with Gasteiger partial charge in [-0.05, 0) is 49.4 Å². The van der Waals surface area contributed by atoms with E-state index in [1.165, 1.54) is 12.1 Å². The molecule has 0 fully saturated rings. The smallest absolute Gasteiger partial charge is 0.326 e. The van der Waals surface area contributed by atoms with Gasteiger partial charge in [0.05, 0.1) is 6.04 Å². The van der Waals surface area contributed by atoms with Gasteiger partial charge < -0.3 is 37.6 Å². The molecular formula is C23H37N5O6S. The van der Waals surface area contributed by atoms with E-state index >= 15 is 0 Å². The van der Waals surface area contributed by atoms with Crippen LogP contribution in [0, 0.1) is 5.92 Å². The third kappa shape index (κ3) is 10.5. The molecule has 0 saturated carbocycles. The number of carbonyl (C=O) groups excluding carboxylic acids is 3. The van der Waals surface area contributed by atoms with Gasteiger partial charge >= 0.3 is 5.97 Å². The number of unbranched alkanes of at least 4 members (excludes halogenated alkanes) is 1. The highest BCUT2D eigenvalue weighted by atomic mass is 32.1. The van der Waals surface area contributed by atoms with Crippen LogP contribution in [-0.2, 0) is 25.6 Å². The molecule has 9 N–H and O–H groups in total. The molecular weight excluding hydrogens is 474 g/mol. The summed E-state index contributed by atoms with van der Waals surface area (Å²) in [5.41, 5.74) is 11.9. The number of hydrogen-bond donors (Lipinski definition) is 8. The van der Waals surface area contributed by atoms with Crippen molar-refractivity contribution >= 4 is 36.3 Å². The molecule has 0 heterocycles. The molecule has 1 rings (SSSR count). The second-order valence-electron chi connectivity index (χ2n) is 8.63. The van der Waals surface area contributed by atoms with E-state index in [1.54, 1.807) is 26.0 Å². The average molecular weight is 512 g/mol. The van der Waals surface area contributed by atoms with Gasteiger partial charge in [-0.25, -0.2) is 4.79 Å². The second-order valence-corrected chi connectivity index (χ2v) is 9.00. The Morgan fingerprint density at radius 3 is 2.03 bits per heavy atom. The van der Waals surface area contributed by atoms with Crippen LogP contribution in [0.25, 0.3) is 0 Å². The van der Waals surface area contributed by atoms with Gasteiger partial charge in [0.25, 0.3) is 0 Å². The maximum Gasteiger partial charge on any atom is 0.326 e. The summed E-state index contributed by atoms with van der Waals surface area (Å²) in [7, 11) is 0. The topological polar surface area (TPSA) is 197 Å². The van der Waals surface area contributed by atoms with E-state index in [4.69, 9.17) is 11.5 Å². The molecule has 0 bridgehead atoms. The highest BCUT2D eigenvalue weighted by Gasteiger charge is 2.31. The van der Waals surface area contributed by atoms with Gasteiger partial charge in [-0.3, -0.25) is 14.4 Å². The Morgan fingerprint density at radius 1 is 0.943 bits per heavy atom. The molecule has 0 spiro atoms. The lowest BCUT2D eigenvalue weighted by molar-refractivity contribution is -0.143. The molecule has 1 aromatic rings. The number of phenols is 1. The second kappa shape index (κ2) is 15.2. The van der Waals surface area contributed by atoms with Crippen molar-refractivity contribution in [2.45, 2.75) is 63.7 Å². The number of phenolic OH excluding ortho intramolecular Hbond substituents is 1. The van der Waals surface area contributed by atoms with Crippen LogP contribution < -0.4 is 27.4 Å². The van der Waals surface area contributed by atoms with Gasteiger partial charge in [0.2, 0.25) is 17.7 Å². The molecule has 1 aromatic carbocycles. The van der Waals surface area contributed by atoms with Crippen LogP contribution in [0.2, 0.25) is 0 Å². The zero-order chi connectivity index (χ0) is 26.5. The largest absolute Gasteiger partial charge is 0.508 e. The van der Waals surface area contributed by atoms with Gasteiger partial charge in [-0.1, -0.05) is 26.0 Å². The van der Waals surface area contributed by atoms with Gasteiger partial charge in [-0.2, -0.15) is 12.6 Å². The van der Waals surface area contributed by atoms with Gasteiger partial charge in [0, 0.05) is 12.2 Å². The molecule has 35 heavy (non-hydrogen) atoms. The van der Waals surface area contributed by atoms with E-state index in [9.17, 15) is 29.4 Å². The number of aliphatic carboxylic acids is 1. The van der Waals surface area contributed by atoms with Crippen LogP contribution in [0.1, 0.15) is 38.7 Å². The lowest BCUT2D eigenvalue weighted by Crippen LogP contribution is -2.58. The third-order valence-corrected chi connectivity index (χ3v) is 5.75. The van der Waals surface area contributed by atoms with Crippen molar-refractivity contribution in [3.8, 4) is 5.75 Å². The van der Waals surface area contributed by atoms with Crippen LogP contribution in [0.3, 0.4) is 0 Å². The van der Waals surface area contributed by atoms with E-state index in [2.05, 4.69) is 28.6 Å². The SMILES string of the molecule is CC(C)C(NC(=O)C(Cc1ccc(O)cc1)NC(=O)C(CCCCN)NC(=O)C(N)CS)C(=O)O. The zero-order valence-corrected chi connectivity index (χ0v) is 21.0. The standard InChI is InChI=1S/C23H37N5O6S/c1-13(2)19(23(33)34)28-22(32)18(11-14-6-8-15(29)9-7-14)27-21(31)17(5-3-4-10-24)26-20(30)16(25)12-35/h6-9,13,16-19,29,35H,3-5,10-12,24-25H2,1-2H3,(H,26,30)(H,27,31)(H,28,32)(H,33,34). The molecule has 0 aromatic heterocycles. The van der Waals surface area contributed by atoms with Gasteiger partial charge in [0.1, 0.15) is 23.9 Å². The van der Waals surface area contributed by atoms with Gasteiger partial charge in [0.15, 0.2) is 0 Å². The summed E-state index contributed by atoms with van der Waals surface area (Å²) in [5.74, 6) is -3.33. The number of amides is 3. The number of carbonyl (C=O) groups is 4. The number of nitrogens with two attached hydrogens (primary N) is 2. The number of nitrogens with one attached hydrogen (secondary N) is 3. The van der Waals surface area contributed by atoms with Crippen molar-refractivity contribution in [2.24, 2.45) is 17.4 Å². The number of carboxylic acid groups (broad SMARTS) is 1. The quantitative estimate of drug-likeness (QED) is 0.114. The number of thiol groups is 1. The Morgan fingerprint density at radius 2 is 1.51 bits per heavy atom. The Bertz CT molecular complexity index is 851. The first-order valence-electron chi connectivity index (χ1n) is 11.5. The molecule has 3 amide bonds. The Kier molecular flexibility index (Phi) is 13.1. The molecule has 0 radical (unpaired) electrons. The number of carboxylic acids is 1. The normalized spacial score (nSPS) is 14.5. The molecule has 11 nitrogen and oxygen atoms in total. The number of benzene rings is 1. The Labute approximate surface area is 210 Å². The summed E-state index contributed by atoms with van der Waals surface area (Å²) in [6.45, 7) is 3.72. The summed E-state index contributed by atoms with van der Waals surface area (Å²) >= 11 is 4.00. The molecule has 4 atom stereocenters. The Hall–Kier alpha value is -2.83. The van der Waals surface area contributed by atoms with E-state index in [1.807, 2.05) is 0 Å². The van der Waals surface area contributed by atoms with Crippen LogP contribution in [0.5, 0.6) is 5.75 Å². The molecule has 4 unspecified atom stereocenters. The fourth-order valence-electron chi connectivity index (χ4n) is 3.24. The monoisotopic (exact) mass is 511 g/mol. The first-order chi connectivity index (χ1) is 16.5. The minimum atomic E-state index is -1.20. The first-order valence-corrected chi connectivity index (χ1v) is 12.1. The van der Waals surface area contributed by atoms with E-state index in [0.717, 1.165) is 0 Å². The summed E-state index contributed by atoms with van der Waals surface area (Å²) in [6, 6.07) is 1.87. The predicted octanol–water partition coefficient (Wildman–Crippen LogP) is -0.484. The summed E-state index contributed by atoms with van der Waals surface area (Å²) < 4.78 is 0. The maximum absolute atomic E-state index is 13.1. The van der Waals surface area contributed by atoms with Crippen LogP contribution in [0.15, 0.2) is 24.3 Å². The van der Waals surface area contributed by atoms with Crippen molar-refractivity contribution in [3.05, 3.63) is 29.8 Å². The molecule has 0 aliphatic heterocycles. The lowest BCUT2D eigenvalue weighted by atomic mass is 10.0. The fourth-order valence-corrected chi connectivity index (χ4v) is 3.41. The average Bonchev–Trinajstić information content (AvgIpc) is 2.81. The summed E-state index contributed by atoms with van der Waals surface area (Å²) in [5, 5.41) is 26.7. The number of aromatic hydroxyl groups is 1. The lowest BCUT2D eigenvalue weighted by Gasteiger charge is -2.26. The van der Waals surface area contributed by atoms with Crippen molar-refractivity contribution in [2.75, 3.05) is 12.3 Å². The van der Waals surface area contributed by atoms with E-state index < -0.39 is 53.8 Å². The summed E-state index contributed by atoms with van der Waals surface area (Å²) in [4.78, 5) is 50.1. The van der Waals surface area contributed by atoms with Crippen LogP contribution in [0.4, 0.5) is 0 Å².